The molecule has 1 aliphatic rings. The molecule has 0 bridgehead atoms. The van der Waals surface area contributed by atoms with Gasteiger partial charge in [-0.15, -0.1) is 0 Å². The van der Waals surface area contributed by atoms with Crippen LogP contribution in [-0.2, 0) is 4.79 Å². The number of hydrogen-bond acceptors (Lipinski definition) is 3. The zero-order chi connectivity index (χ0) is 15.9. The van der Waals surface area contributed by atoms with Crippen molar-refractivity contribution in [3.05, 3.63) is 35.6 Å². The molecular weight excluding hydrogens is 283 g/mol. The molecule has 1 fully saturated rings. The van der Waals surface area contributed by atoms with E-state index in [0.717, 1.165) is 25.7 Å². The minimum atomic E-state index is -0.376. The molecule has 0 spiro atoms. The molecule has 2 unspecified atom stereocenters. The third kappa shape index (κ3) is 4.63. The summed E-state index contributed by atoms with van der Waals surface area (Å²) in [4.78, 5) is 23.9. The van der Waals surface area contributed by atoms with Crippen LogP contribution in [0.2, 0.25) is 0 Å². The Morgan fingerprint density at radius 1 is 1.14 bits per heavy atom. The fraction of sp³-hybridized carbons (Fsp3) is 0.529. The summed E-state index contributed by atoms with van der Waals surface area (Å²) in [5, 5.41) is 3.00. The molecule has 0 aromatic heterocycles. The molecule has 0 radical (unpaired) electrons. The van der Waals surface area contributed by atoms with Crippen molar-refractivity contribution in [1.29, 1.82) is 0 Å². The monoisotopic (exact) mass is 306 g/mol. The molecule has 3 N–H and O–H groups in total. The summed E-state index contributed by atoms with van der Waals surface area (Å²) in [5.41, 5.74) is 6.18. The van der Waals surface area contributed by atoms with Crippen LogP contribution in [0.5, 0.6) is 0 Å². The average molecular weight is 306 g/mol. The minimum absolute atomic E-state index is 0.110. The van der Waals surface area contributed by atoms with Crippen molar-refractivity contribution in [3.8, 4) is 0 Å². The van der Waals surface area contributed by atoms with Gasteiger partial charge in [-0.25, -0.2) is 4.39 Å². The van der Waals surface area contributed by atoms with E-state index in [1.165, 1.54) is 24.3 Å². The SMILES string of the molecule is NCC1CCCCC1NC(=O)CCC(=O)c1ccc(F)cc1. The summed E-state index contributed by atoms with van der Waals surface area (Å²) < 4.78 is 12.8. The Kier molecular flexibility index (Phi) is 6.07. The van der Waals surface area contributed by atoms with Gasteiger partial charge in [0.2, 0.25) is 5.91 Å². The summed E-state index contributed by atoms with van der Waals surface area (Å²) >= 11 is 0. The lowest BCUT2D eigenvalue weighted by Gasteiger charge is -2.31. The fourth-order valence-corrected chi connectivity index (χ4v) is 2.97. The highest BCUT2D eigenvalue weighted by molar-refractivity contribution is 5.97. The zero-order valence-corrected chi connectivity index (χ0v) is 12.7. The third-order valence-corrected chi connectivity index (χ3v) is 4.30. The van der Waals surface area contributed by atoms with Crippen LogP contribution in [0, 0.1) is 11.7 Å². The lowest BCUT2D eigenvalue weighted by Crippen LogP contribution is -2.44. The number of ketones is 1. The van der Waals surface area contributed by atoms with Gasteiger partial charge in [-0.05, 0) is 49.6 Å². The van der Waals surface area contributed by atoms with Crippen LogP contribution in [0.3, 0.4) is 0 Å². The second-order valence-electron chi connectivity index (χ2n) is 5.88. The van der Waals surface area contributed by atoms with Crippen LogP contribution in [0.15, 0.2) is 24.3 Å². The highest BCUT2D eigenvalue weighted by atomic mass is 19.1. The van der Waals surface area contributed by atoms with Crippen molar-refractivity contribution in [3.63, 3.8) is 0 Å². The normalized spacial score (nSPS) is 21.4. The number of nitrogens with one attached hydrogen (secondary N) is 1. The molecule has 1 aromatic rings. The fourth-order valence-electron chi connectivity index (χ4n) is 2.97. The predicted molar refractivity (Wildman–Crippen MR) is 82.9 cm³/mol. The molecule has 4 nitrogen and oxygen atoms in total. The molecule has 120 valence electrons. The van der Waals surface area contributed by atoms with E-state index in [4.69, 9.17) is 5.73 Å². The summed E-state index contributed by atoms with van der Waals surface area (Å²) in [6, 6.07) is 5.53. The van der Waals surface area contributed by atoms with Gasteiger partial charge in [-0.2, -0.15) is 0 Å². The minimum Gasteiger partial charge on any atom is -0.353 e. The first kappa shape index (κ1) is 16.6. The van der Waals surface area contributed by atoms with Crippen LogP contribution in [0.4, 0.5) is 4.39 Å². The molecule has 1 aromatic carbocycles. The Bertz CT molecular complexity index is 516. The van der Waals surface area contributed by atoms with Crippen molar-refractivity contribution in [1.82, 2.24) is 5.32 Å². The van der Waals surface area contributed by atoms with Crippen LogP contribution in [0.1, 0.15) is 48.9 Å². The molecule has 1 saturated carbocycles. The molecular formula is C17H23FN2O2. The maximum absolute atomic E-state index is 12.8. The average Bonchev–Trinajstić information content (AvgIpc) is 2.54. The van der Waals surface area contributed by atoms with Crippen LogP contribution in [0.25, 0.3) is 0 Å². The number of hydrogen-bond donors (Lipinski definition) is 2. The number of halogens is 1. The molecule has 1 amide bonds. The maximum atomic E-state index is 12.8. The van der Waals surface area contributed by atoms with E-state index in [1.54, 1.807) is 0 Å². The van der Waals surface area contributed by atoms with Gasteiger partial charge < -0.3 is 11.1 Å². The molecule has 1 aliphatic carbocycles. The largest absolute Gasteiger partial charge is 0.353 e. The Hall–Kier alpha value is -1.75. The number of amides is 1. The van der Waals surface area contributed by atoms with E-state index in [2.05, 4.69) is 5.32 Å². The first-order valence-corrected chi connectivity index (χ1v) is 7.88. The summed E-state index contributed by atoms with van der Waals surface area (Å²) in [6.45, 7) is 0.583. The number of benzene rings is 1. The van der Waals surface area contributed by atoms with Gasteiger partial charge in [-0.1, -0.05) is 12.8 Å². The van der Waals surface area contributed by atoms with Gasteiger partial charge in [0.15, 0.2) is 5.78 Å². The smallest absolute Gasteiger partial charge is 0.220 e. The van der Waals surface area contributed by atoms with Crippen molar-refractivity contribution in [2.45, 2.75) is 44.6 Å². The standard InChI is InChI=1S/C17H23FN2O2/c18-14-7-5-12(6-8-14)16(21)9-10-17(22)20-15-4-2-1-3-13(15)11-19/h5-8,13,15H,1-4,9-11,19H2,(H,20,22). The second kappa shape index (κ2) is 8.03. The molecule has 22 heavy (non-hydrogen) atoms. The van der Waals surface area contributed by atoms with Gasteiger partial charge in [0.25, 0.3) is 0 Å². The molecule has 2 atom stereocenters. The van der Waals surface area contributed by atoms with Gasteiger partial charge in [0.05, 0.1) is 0 Å². The van der Waals surface area contributed by atoms with Gasteiger partial charge in [-0.3, -0.25) is 9.59 Å². The van der Waals surface area contributed by atoms with Crippen LogP contribution >= 0.6 is 0 Å². The van der Waals surface area contributed by atoms with Crippen molar-refractivity contribution in [2.24, 2.45) is 11.7 Å². The predicted octanol–water partition coefficient (Wildman–Crippen LogP) is 2.42. The van der Waals surface area contributed by atoms with E-state index in [-0.39, 0.29) is 36.4 Å². The number of nitrogens with two attached hydrogens (primary N) is 1. The molecule has 0 aliphatic heterocycles. The topological polar surface area (TPSA) is 72.2 Å². The summed E-state index contributed by atoms with van der Waals surface area (Å²) in [6.07, 6.45) is 4.57. The molecule has 0 saturated heterocycles. The van der Waals surface area contributed by atoms with Crippen molar-refractivity contribution in [2.75, 3.05) is 6.54 Å². The van der Waals surface area contributed by atoms with E-state index < -0.39 is 0 Å². The van der Waals surface area contributed by atoms with E-state index in [9.17, 15) is 14.0 Å². The van der Waals surface area contributed by atoms with Crippen LogP contribution < -0.4 is 11.1 Å². The Morgan fingerprint density at radius 3 is 2.50 bits per heavy atom. The summed E-state index contributed by atoms with van der Waals surface area (Å²) in [7, 11) is 0. The number of carbonyl (C=O) groups excluding carboxylic acids is 2. The Balaban J connectivity index is 1.79. The highest BCUT2D eigenvalue weighted by Crippen LogP contribution is 2.23. The van der Waals surface area contributed by atoms with E-state index in [1.807, 2.05) is 0 Å². The summed E-state index contributed by atoms with van der Waals surface area (Å²) in [5.74, 6) is -0.292. The van der Waals surface area contributed by atoms with Gasteiger partial charge in [0, 0.05) is 24.4 Å². The number of rotatable bonds is 6. The Labute approximate surface area is 130 Å². The quantitative estimate of drug-likeness (QED) is 0.793. The zero-order valence-electron chi connectivity index (χ0n) is 12.7. The molecule has 5 heteroatoms. The van der Waals surface area contributed by atoms with Gasteiger partial charge >= 0.3 is 0 Å². The van der Waals surface area contributed by atoms with E-state index in [0.29, 0.717) is 18.0 Å². The highest BCUT2D eigenvalue weighted by Gasteiger charge is 2.25. The van der Waals surface area contributed by atoms with Crippen molar-refractivity contribution >= 4 is 11.7 Å². The molecule has 2 rings (SSSR count). The third-order valence-electron chi connectivity index (χ3n) is 4.30. The van der Waals surface area contributed by atoms with Gasteiger partial charge in [0.1, 0.15) is 5.82 Å². The van der Waals surface area contributed by atoms with Crippen LogP contribution in [-0.4, -0.2) is 24.3 Å². The van der Waals surface area contributed by atoms with E-state index >= 15 is 0 Å². The molecule has 0 heterocycles. The maximum Gasteiger partial charge on any atom is 0.220 e. The number of Topliss-reactive ketones (excluding diaryl/α,β-unsaturated/α-hetero) is 1. The lowest BCUT2D eigenvalue weighted by atomic mass is 9.84. The first-order valence-electron chi connectivity index (χ1n) is 7.88. The number of carbonyl (C=O) groups is 2. The van der Waals surface area contributed by atoms with Crippen molar-refractivity contribution < 1.29 is 14.0 Å². The first-order chi connectivity index (χ1) is 10.6. The lowest BCUT2D eigenvalue weighted by molar-refractivity contribution is -0.122. The Morgan fingerprint density at radius 2 is 1.82 bits per heavy atom. The second-order valence-corrected chi connectivity index (χ2v) is 5.88.